The highest BCUT2D eigenvalue weighted by Crippen LogP contribution is 2.16. The summed E-state index contributed by atoms with van der Waals surface area (Å²) in [6.45, 7) is 2.58. The fourth-order valence-electron chi connectivity index (χ4n) is 2.22. The SMILES string of the molecule is O=C(Nc1cnc(N2CCOCC2)nc1)c1c(F)cccc1F. The molecular formula is C15H14F2N4O2. The summed E-state index contributed by atoms with van der Waals surface area (Å²) in [5, 5.41) is 2.38. The van der Waals surface area contributed by atoms with E-state index in [1.807, 2.05) is 4.90 Å². The Morgan fingerprint density at radius 1 is 1.13 bits per heavy atom. The Morgan fingerprint density at radius 2 is 1.74 bits per heavy atom. The van der Waals surface area contributed by atoms with Crippen molar-refractivity contribution in [2.45, 2.75) is 0 Å². The smallest absolute Gasteiger partial charge is 0.261 e. The molecule has 0 aliphatic carbocycles. The number of benzene rings is 1. The summed E-state index contributed by atoms with van der Waals surface area (Å²) >= 11 is 0. The maximum atomic E-state index is 13.6. The van der Waals surface area contributed by atoms with Gasteiger partial charge in [0.1, 0.15) is 17.2 Å². The van der Waals surface area contributed by atoms with E-state index >= 15 is 0 Å². The number of hydrogen-bond donors (Lipinski definition) is 1. The summed E-state index contributed by atoms with van der Waals surface area (Å²) in [4.78, 5) is 22.2. The van der Waals surface area contributed by atoms with Crippen LogP contribution < -0.4 is 10.2 Å². The van der Waals surface area contributed by atoms with Crippen molar-refractivity contribution in [2.75, 3.05) is 36.5 Å². The van der Waals surface area contributed by atoms with Crippen molar-refractivity contribution in [1.29, 1.82) is 0 Å². The van der Waals surface area contributed by atoms with E-state index in [9.17, 15) is 13.6 Å². The molecule has 1 aromatic carbocycles. The predicted octanol–water partition coefficient (Wildman–Crippen LogP) is 1.84. The minimum Gasteiger partial charge on any atom is -0.378 e. The molecule has 0 bridgehead atoms. The average molecular weight is 320 g/mol. The van der Waals surface area contributed by atoms with Crippen molar-refractivity contribution in [2.24, 2.45) is 0 Å². The summed E-state index contributed by atoms with van der Waals surface area (Å²) in [6.07, 6.45) is 2.79. The van der Waals surface area contributed by atoms with Crippen LogP contribution in [0.25, 0.3) is 0 Å². The lowest BCUT2D eigenvalue weighted by Crippen LogP contribution is -2.37. The lowest BCUT2D eigenvalue weighted by atomic mass is 10.2. The Balaban J connectivity index is 1.72. The highest BCUT2D eigenvalue weighted by molar-refractivity contribution is 6.04. The first-order valence-electron chi connectivity index (χ1n) is 7.05. The number of anilines is 2. The van der Waals surface area contributed by atoms with E-state index in [1.165, 1.54) is 18.5 Å². The second-order valence-electron chi connectivity index (χ2n) is 4.92. The second-order valence-corrected chi connectivity index (χ2v) is 4.92. The maximum absolute atomic E-state index is 13.6. The molecule has 0 unspecified atom stereocenters. The molecule has 1 saturated heterocycles. The zero-order valence-corrected chi connectivity index (χ0v) is 12.1. The molecule has 1 aliphatic heterocycles. The molecule has 0 radical (unpaired) electrons. The van der Waals surface area contributed by atoms with Crippen LogP contribution in [0.3, 0.4) is 0 Å². The standard InChI is InChI=1S/C15H14F2N4O2/c16-11-2-1-3-12(17)13(11)14(22)20-10-8-18-15(19-9-10)21-4-6-23-7-5-21/h1-3,8-9H,4-7H2,(H,20,22). The number of hydrogen-bond acceptors (Lipinski definition) is 5. The van der Waals surface area contributed by atoms with E-state index in [0.717, 1.165) is 12.1 Å². The molecule has 2 aromatic rings. The summed E-state index contributed by atoms with van der Waals surface area (Å²) in [5.41, 5.74) is -0.376. The Morgan fingerprint density at radius 3 is 2.35 bits per heavy atom. The van der Waals surface area contributed by atoms with Gasteiger partial charge in [0.05, 0.1) is 31.3 Å². The lowest BCUT2D eigenvalue weighted by molar-refractivity contribution is 0.101. The normalized spacial score (nSPS) is 14.6. The number of carbonyl (C=O) groups is 1. The average Bonchev–Trinajstić information content (AvgIpc) is 2.56. The number of halogens is 2. The minimum absolute atomic E-state index is 0.259. The molecule has 0 spiro atoms. The van der Waals surface area contributed by atoms with Crippen molar-refractivity contribution >= 4 is 17.5 Å². The minimum atomic E-state index is -0.923. The van der Waals surface area contributed by atoms with E-state index in [4.69, 9.17) is 4.74 Å². The van der Waals surface area contributed by atoms with E-state index < -0.39 is 23.1 Å². The Bertz CT molecular complexity index is 683. The summed E-state index contributed by atoms with van der Waals surface area (Å²) in [7, 11) is 0. The predicted molar refractivity (Wildman–Crippen MR) is 79.4 cm³/mol. The number of rotatable bonds is 3. The molecule has 1 fully saturated rings. The Hall–Kier alpha value is -2.61. The van der Waals surface area contributed by atoms with Crippen LogP contribution in [0.2, 0.25) is 0 Å². The molecule has 23 heavy (non-hydrogen) atoms. The quantitative estimate of drug-likeness (QED) is 0.935. The molecule has 2 heterocycles. The van der Waals surface area contributed by atoms with Gasteiger partial charge >= 0.3 is 0 Å². The van der Waals surface area contributed by atoms with Crippen LogP contribution in [0.5, 0.6) is 0 Å². The molecule has 1 aliphatic rings. The van der Waals surface area contributed by atoms with Gasteiger partial charge < -0.3 is 15.0 Å². The molecular weight excluding hydrogens is 306 g/mol. The number of morpholine rings is 1. The topological polar surface area (TPSA) is 67.4 Å². The van der Waals surface area contributed by atoms with Gasteiger partial charge in [-0.3, -0.25) is 4.79 Å². The van der Waals surface area contributed by atoms with Crippen LogP contribution in [0.4, 0.5) is 20.4 Å². The van der Waals surface area contributed by atoms with Crippen molar-refractivity contribution in [3.05, 3.63) is 47.8 Å². The first-order valence-corrected chi connectivity index (χ1v) is 7.05. The van der Waals surface area contributed by atoms with Gasteiger partial charge in [0, 0.05) is 13.1 Å². The maximum Gasteiger partial charge on any atom is 0.261 e. The third-order valence-electron chi connectivity index (χ3n) is 3.38. The van der Waals surface area contributed by atoms with Gasteiger partial charge in [-0.25, -0.2) is 18.7 Å². The summed E-state index contributed by atoms with van der Waals surface area (Å²) in [6, 6.07) is 3.24. The first kappa shape index (κ1) is 15.3. The summed E-state index contributed by atoms with van der Waals surface area (Å²) in [5.74, 6) is -2.21. The van der Waals surface area contributed by atoms with Gasteiger partial charge in [-0.15, -0.1) is 0 Å². The number of carbonyl (C=O) groups excluding carboxylic acids is 1. The van der Waals surface area contributed by atoms with Crippen molar-refractivity contribution in [3.8, 4) is 0 Å². The molecule has 1 N–H and O–H groups in total. The molecule has 1 aromatic heterocycles. The van der Waals surface area contributed by atoms with Crippen molar-refractivity contribution in [1.82, 2.24) is 9.97 Å². The first-order chi connectivity index (χ1) is 11.1. The van der Waals surface area contributed by atoms with Gasteiger partial charge in [0.2, 0.25) is 5.95 Å². The fraction of sp³-hybridized carbons (Fsp3) is 0.267. The van der Waals surface area contributed by atoms with Gasteiger partial charge in [-0.05, 0) is 12.1 Å². The molecule has 1 amide bonds. The number of nitrogens with one attached hydrogen (secondary N) is 1. The largest absolute Gasteiger partial charge is 0.378 e. The zero-order valence-electron chi connectivity index (χ0n) is 12.1. The molecule has 0 saturated carbocycles. The summed E-state index contributed by atoms with van der Waals surface area (Å²) < 4.78 is 32.4. The highest BCUT2D eigenvalue weighted by Gasteiger charge is 2.18. The highest BCUT2D eigenvalue weighted by atomic mass is 19.1. The Labute approximate surface area is 131 Å². The van der Waals surface area contributed by atoms with Gasteiger partial charge in [-0.2, -0.15) is 0 Å². The zero-order chi connectivity index (χ0) is 16.2. The van der Waals surface area contributed by atoms with E-state index in [1.54, 1.807) is 0 Å². The van der Waals surface area contributed by atoms with E-state index in [-0.39, 0.29) is 5.69 Å². The number of ether oxygens (including phenoxy) is 1. The monoisotopic (exact) mass is 320 g/mol. The van der Waals surface area contributed by atoms with Gasteiger partial charge in [0.25, 0.3) is 5.91 Å². The van der Waals surface area contributed by atoms with Crippen LogP contribution in [0.15, 0.2) is 30.6 Å². The van der Waals surface area contributed by atoms with Crippen LogP contribution in [-0.4, -0.2) is 42.2 Å². The van der Waals surface area contributed by atoms with E-state index in [0.29, 0.717) is 32.3 Å². The van der Waals surface area contributed by atoms with Crippen LogP contribution in [0, 0.1) is 11.6 Å². The second kappa shape index (κ2) is 6.66. The number of aromatic nitrogens is 2. The third-order valence-corrected chi connectivity index (χ3v) is 3.38. The lowest BCUT2D eigenvalue weighted by Gasteiger charge is -2.26. The molecule has 8 heteroatoms. The molecule has 6 nitrogen and oxygen atoms in total. The molecule has 0 atom stereocenters. The van der Waals surface area contributed by atoms with Crippen LogP contribution >= 0.6 is 0 Å². The molecule has 3 rings (SSSR count). The van der Waals surface area contributed by atoms with Crippen molar-refractivity contribution in [3.63, 3.8) is 0 Å². The Kier molecular flexibility index (Phi) is 4.42. The van der Waals surface area contributed by atoms with Gasteiger partial charge in [-0.1, -0.05) is 6.07 Å². The van der Waals surface area contributed by atoms with Crippen LogP contribution in [0.1, 0.15) is 10.4 Å². The third kappa shape index (κ3) is 3.42. The molecule has 120 valence electrons. The fourth-order valence-corrected chi connectivity index (χ4v) is 2.22. The number of nitrogens with zero attached hydrogens (tertiary/aromatic N) is 3. The van der Waals surface area contributed by atoms with Gasteiger partial charge in [0.15, 0.2) is 0 Å². The number of amides is 1. The van der Waals surface area contributed by atoms with Crippen LogP contribution in [-0.2, 0) is 4.74 Å². The van der Waals surface area contributed by atoms with E-state index in [2.05, 4.69) is 15.3 Å². The van der Waals surface area contributed by atoms with Crippen molar-refractivity contribution < 1.29 is 18.3 Å².